The van der Waals surface area contributed by atoms with Gasteiger partial charge in [-0.25, -0.2) is 9.37 Å². The molecule has 0 aliphatic heterocycles. The number of hydrogen-bond donors (Lipinski definition) is 2. The number of nitrogens with two attached hydrogens (primary N) is 1. The van der Waals surface area contributed by atoms with Gasteiger partial charge in [-0.2, -0.15) is 0 Å². The monoisotopic (exact) mass is 260 g/mol. The van der Waals surface area contributed by atoms with Crippen LogP contribution in [0, 0.1) is 19.7 Å². The van der Waals surface area contributed by atoms with Crippen molar-refractivity contribution in [2.75, 3.05) is 5.32 Å². The first-order valence-corrected chi connectivity index (χ1v) is 6.11. The van der Waals surface area contributed by atoms with Crippen molar-refractivity contribution in [3.63, 3.8) is 0 Å². The van der Waals surface area contributed by atoms with Crippen molar-refractivity contribution in [3.8, 4) is 0 Å². The summed E-state index contributed by atoms with van der Waals surface area (Å²) >= 11 is 0. The fourth-order valence-corrected chi connectivity index (χ4v) is 1.75. The van der Waals surface area contributed by atoms with Crippen molar-refractivity contribution in [3.05, 3.63) is 52.7 Å². The third kappa shape index (κ3) is 3.26. The van der Waals surface area contributed by atoms with Gasteiger partial charge in [0.05, 0.1) is 11.4 Å². The van der Waals surface area contributed by atoms with Crippen molar-refractivity contribution < 1.29 is 4.39 Å². The van der Waals surface area contributed by atoms with Crippen LogP contribution in [0.2, 0.25) is 0 Å². The van der Waals surface area contributed by atoms with Crippen molar-refractivity contribution >= 4 is 5.82 Å². The van der Waals surface area contributed by atoms with Crippen LogP contribution < -0.4 is 11.1 Å². The Kier molecular flexibility index (Phi) is 4.06. The number of hydrogen-bond acceptors (Lipinski definition) is 4. The molecule has 0 fully saturated rings. The van der Waals surface area contributed by atoms with Crippen LogP contribution in [-0.2, 0) is 13.1 Å². The van der Waals surface area contributed by atoms with E-state index in [4.69, 9.17) is 5.73 Å². The second-order valence-electron chi connectivity index (χ2n) is 4.43. The molecule has 0 aliphatic rings. The second kappa shape index (κ2) is 5.75. The maximum absolute atomic E-state index is 13.8. The maximum Gasteiger partial charge on any atom is 0.148 e. The molecule has 0 spiro atoms. The summed E-state index contributed by atoms with van der Waals surface area (Å²) in [5.41, 5.74) is 8.46. The van der Waals surface area contributed by atoms with Gasteiger partial charge in [-0.3, -0.25) is 4.98 Å². The van der Waals surface area contributed by atoms with E-state index in [1.807, 2.05) is 19.9 Å². The number of anilines is 1. The minimum absolute atomic E-state index is 0.256. The molecular weight excluding hydrogens is 243 g/mol. The largest absolute Gasteiger partial charge is 0.364 e. The molecular formula is C14H17FN4. The summed E-state index contributed by atoms with van der Waals surface area (Å²) in [6, 6.07) is 5.03. The standard InChI is InChI=1S/C14H17FN4/c1-9-7-17-10(2)14(19-9)18-8-12-4-3-11(6-16)5-13(12)15/h3-5,7H,6,8,16H2,1-2H3,(H,18,19). The van der Waals surface area contributed by atoms with Crippen molar-refractivity contribution in [2.45, 2.75) is 26.9 Å². The highest BCUT2D eigenvalue weighted by Gasteiger charge is 2.05. The van der Waals surface area contributed by atoms with Gasteiger partial charge in [0, 0.05) is 24.8 Å². The van der Waals surface area contributed by atoms with E-state index in [9.17, 15) is 4.39 Å². The van der Waals surface area contributed by atoms with Crippen molar-refractivity contribution in [2.24, 2.45) is 5.73 Å². The lowest BCUT2D eigenvalue weighted by molar-refractivity contribution is 0.610. The molecule has 0 radical (unpaired) electrons. The molecule has 1 aromatic carbocycles. The number of aromatic nitrogens is 2. The number of rotatable bonds is 4. The Hall–Kier alpha value is -2.01. The molecule has 1 heterocycles. The Bertz CT molecular complexity index is 584. The highest BCUT2D eigenvalue weighted by Crippen LogP contribution is 2.14. The molecule has 0 saturated heterocycles. The minimum Gasteiger partial charge on any atom is -0.364 e. The summed E-state index contributed by atoms with van der Waals surface area (Å²) in [5.74, 6) is 0.427. The van der Waals surface area contributed by atoms with Gasteiger partial charge < -0.3 is 11.1 Å². The molecule has 4 nitrogen and oxygen atoms in total. The van der Waals surface area contributed by atoms with Crippen LogP contribution in [-0.4, -0.2) is 9.97 Å². The molecule has 2 rings (SSSR count). The van der Waals surface area contributed by atoms with Crippen molar-refractivity contribution in [1.82, 2.24) is 9.97 Å². The molecule has 0 atom stereocenters. The van der Waals surface area contributed by atoms with Gasteiger partial charge in [-0.1, -0.05) is 12.1 Å². The van der Waals surface area contributed by atoms with Crippen LogP contribution >= 0.6 is 0 Å². The van der Waals surface area contributed by atoms with Gasteiger partial charge in [0.2, 0.25) is 0 Å². The minimum atomic E-state index is -0.256. The molecule has 0 aliphatic carbocycles. The normalized spacial score (nSPS) is 10.5. The van der Waals surface area contributed by atoms with E-state index < -0.39 is 0 Å². The first-order valence-electron chi connectivity index (χ1n) is 6.11. The fraction of sp³-hybridized carbons (Fsp3) is 0.286. The van der Waals surface area contributed by atoms with Crippen molar-refractivity contribution in [1.29, 1.82) is 0 Å². The Balaban J connectivity index is 2.12. The highest BCUT2D eigenvalue weighted by atomic mass is 19.1. The predicted octanol–water partition coefficient (Wildman–Crippen LogP) is 2.30. The first-order chi connectivity index (χ1) is 9.10. The molecule has 2 aromatic rings. The topological polar surface area (TPSA) is 63.8 Å². The molecule has 0 bridgehead atoms. The lowest BCUT2D eigenvalue weighted by Gasteiger charge is -2.10. The van der Waals surface area contributed by atoms with E-state index >= 15 is 0 Å². The summed E-state index contributed by atoms with van der Waals surface area (Å²) in [6.07, 6.45) is 1.71. The lowest BCUT2D eigenvalue weighted by atomic mass is 10.1. The summed E-state index contributed by atoms with van der Waals surface area (Å²) in [5, 5.41) is 3.10. The summed E-state index contributed by atoms with van der Waals surface area (Å²) < 4.78 is 13.8. The number of aryl methyl sites for hydroxylation is 2. The Morgan fingerprint density at radius 3 is 2.79 bits per heavy atom. The highest BCUT2D eigenvalue weighted by molar-refractivity contribution is 5.40. The maximum atomic E-state index is 13.8. The molecule has 100 valence electrons. The third-order valence-corrected chi connectivity index (χ3v) is 2.88. The number of benzene rings is 1. The Morgan fingerprint density at radius 1 is 1.32 bits per heavy atom. The molecule has 5 heteroatoms. The molecule has 0 saturated carbocycles. The van der Waals surface area contributed by atoms with Gasteiger partial charge >= 0.3 is 0 Å². The first kappa shape index (κ1) is 13.4. The van der Waals surface area contributed by atoms with Gasteiger partial charge in [0.1, 0.15) is 11.6 Å². The summed E-state index contributed by atoms with van der Waals surface area (Å²) in [4.78, 5) is 8.54. The van der Waals surface area contributed by atoms with Gasteiger partial charge in [-0.05, 0) is 25.5 Å². The Morgan fingerprint density at radius 2 is 2.11 bits per heavy atom. The van der Waals surface area contributed by atoms with E-state index in [-0.39, 0.29) is 5.82 Å². The van der Waals surface area contributed by atoms with E-state index in [2.05, 4.69) is 15.3 Å². The van der Waals surface area contributed by atoms with Crippen LogP contribution in [0.3, 0.4) is 0 Å². The van der Waals surface area contributed by atoms with Gasteiger partial charge in [0.25, 0.3) is 0 Å². The molecule has 1 aromatic heterocycles. The zero-order valence-corrected chi connectivity index (χ0v) is 11.1. The van der Waals surface area contributed by atoms with Crippen LogP contribution in [0.25, 0.3) is 0 Å². The van der Waals surface area contributed by atoms with Crippen LogP contribution in [0.15, 0.2) is 24.4 Å². The summed E-state index contributed by atoms with van der Waals surface area (Å²) in [6.45, 7) is 4.44. The molecule has 0 unspecified atom stereocenters. The van der Waals surface area contributed by atoms with Gasteiger partial charge in [0.15, 0.2) is 0 Å². The van der Waals surface area contributed by atoms with Crippen LogP contribution in [0.4, 0.5) is 10.2 Å². The van der Waals surface area contributed by atoms with E-state index in [1.165, 1.54) is 6.07 Å². The fourth-order valence-electron chi connectivity index (χ4n) is 1.75. The lowest BCUT2D eigenvalue weighted by Crippen LogP contribution is -2.07. The molecule has 19 heavy (non-hydrogen) atoms. The smallest absolute Gasteiger partial charge is 0.148 e. The quantitative estimate of drug-likeness (QED) is 0.885. The van der Waals surface area contributed by atoms with E-state index in [0.717, 1.165) is 17.0 Å². The Labute approximate surface area is 111 Å². The zero-order chi connectivity index (χ0) is 13.8. The molecule has 3 N–H and O–H groups in total. The average molecular weight is 260 g/mol. The number of halogens is 1. The SMILES string of the molecule is Cc1cnc(C)c(NCc2ccc(CN)cc2F)n1. The third-order valence-electron chi connectivity index (χ3n) is 2.88. The van der Waals surface area contributed by atoms with Crippen LogP contribution in [0.5, 0.6) is 0 Å². The molecule has 0 amide bonds. The zero-order valence-electron chi connectivity index (χ0n) is 11.1. The summed E-state index contributed by atoms with van der Waals surface area (Å²) in [7, 11) is 0. The second-order valence-corrected chi connectivity index (χ2v) is 4.43. The average Bonchev–Trinajstić information content (AvgIpc) is 2.40. The van der Waals surface area contributed by atoms with E-state index in [1.54, 1.807) is 12.3 Å². The number of nitrogens with one attached hydrogen (secondary N) is 1. The van der Waals surface area contributed by atoms with E-state index in [0.29, 0.717) is 24.5 Å². The van der Waals surface area contributed by atoms with Gasteiger partial charge in [-0.15, -0.1) is 0 Å². The number of nitrogens with zero attached hydrogens (tertiary/aromatic N) is 2. The van der Waals surface area contributed by atoms with Crippen LogP contribution in [0.1, 0.15) is 22.5 Å². The predicted molar refractivity (Wildman–Crippen MR) is 73.1 cm³/mol.